The third kappa shape index (κ3) is 3.20. The van der Waals surface area contributed by atoms with Gasteiger partial charge in [0.2, 0.25) is 0 Å². The van der Waals surface area contributed by atoms with Crippen LogP contribution in [0.5, 0.6) is 0 Å². The minimum Gasteiger partial charge on any atom is -0.463 e. The predicted molar refractivity (Wildman–Crippen MR) is 136 cm³/mol. The Hall–Kier alpha value is -0.790. The maximum absolute atomic E-state index is 11.5. The average molecular weight is 455 g/mol. The van der Waals surface area contributed by atoms with Crippen molar-refractivity contribution in [2.45, 2.75) is 112 Å². The van der Waals surface area contributed by atoms with Crippen LogP contribution in [0.4, 0.5) is 0 Å². The average Bonchev–Trinajstić information content (AvgIpc) is 2.88. The van der Waals surface area contributed by atoms with E-state index in [9.17, 15) is 4.79 Å². The van der Waals surface area contributed by atoms with E-state index < -0.39 is 0 Å². The molecule has 0 heterocycles. The van der Waals surface area contributed by atoms with Crippen LogP contribution in [0, 0.1) is 63.6 Å². The summed E-state index contributed by atoms with van der Waals surface area (Å²) in [7, 11) is 0. The topological polar surface area (TPSA) is 26.3 Å². The summed E-state index contributed by atoms with van der Waals surface area (Å²) in [5, 5.41) is 0. The van der Waals surface area contributed by atoms with Gasteiger partial charge >= 0.3 is 5.97 Å². The fraction of sp³-hybridized carbons (Fsp3) is 0.903. The first-order valence-corrected chi connectivity index (χ1v) is 14.2. The zero-order valence-electron chi connectivity index (χ0n) is 22.6. The van der Waals surface area contributed by atoms with E-state index >= 15 is 0 Å². The Kier molecular flexibility index (Phi) is 5.70. The van der Waals surface area contributed by atoms with Gasteiger partial charge in [0.1, 0.15) is 6.10 Å². The van der Waals surface area contributed by atoms with Crippen molar-refractivity contribution >= 4 is 5.97 Å². The van der Waals surface area contributed by atoms with Crippen LogP contribution >= 0.6 is 0 Å². The molecule has 0 amide bonds. The summed E-state index contributed by atoms with van der Waals surface area (Å²) in [4.78, 5) is 11.5. The zero-order chi connectivity index (χ0) is 23.9. The number of fused-ring (bicyclic) bond motifs is 7. The summed E-state index contributed by atoms with van der Waals surface area (Å²) in [6, 6.07) is 0. The molecule has 0 N–H and O–H groups in total. The highest BCUT2D eigenvalue weighted by molar-refractivity contribution is 5.66. The Morgan fingerprint density at radius 3 is 1.97 bits per heavy atom. The van der Waals surface area contributed by atoms with E-state index in [1.807, 2.05) is 0 Å². The fourth-order valence-corrected chi connectivity index (χ4v) is 11.0. The van der Waals surface area contributed by atoms with Crippen LogP contribution < -0.4 is 0 Å². The lowest BCUT2D eigenvalue weighted by molar-refractivity contribution is -0.152. The smallest absolute Gasteiger partial charge is 0.302 e. The first kappa shape index (κ1) is 23.9. The van der Waals surface area contributed by atoms with E-state index in [-0.39, 0.29) is 22.9 Å². The molecule has 0 bridgehead atoms. The largest absolute Gasteiger partial charge is 0.463 e. The summed E-state index contributed by atoms with van der Waals surface area (Å²) < 4.78 is 5.65. The molecule has 186 valence electrons. The molecule has 2 heteroatoms. The molecule has 10 atom stereocenters. The van der Waals surface area contributed by atoms with Gasteiger partial charge in [-0.1, -0.05) is 46.8 Å². The Bertz CT molecular complexity index is 808. The van der Waals surface area contributed by atoms with E-state index in [1.54, 1.807) is 6.92 Å². The monoisotopic (exact) mass is 454 g/mol. The minimum absolute atomic E-state index is 0.0904. The molecular formula is C31H50O2. The second-order valence-electron chi connectivity index (χ2n) is 14.3. The molecule has 5 saturated carbocycles. The highest BCUT2D eigenvalue weighted by atomic mass is 16.5. The number of carbonyl (C=O) groups is 1. The van der Waals surface area contributed by atoms with Crippen molar-refractivity contribution in [3.8, 4) is 0 Å². The van der Waals surface area contributed by atoms with Crippen LogP contribution in [0.25, 0.3) is 0 Å². The molecule has 33 heavy (non-hydrogen) atoms. The molecule has 5 fully saturated rings. The van der Waals surface area contributed by atoms with Gasteiger partial charge in [-0.2, -0.15) is 0 Å². The number of esters is 1. The molecule has 0 aliphatic heterocycles. The lowest BCUT2D eigenvalue weighted by atomic mass is 9.46. The van der Waals surface area contributed by atoms with Gasteiger partial charge in [0.25, 0.3) is 0 Å². The first-order chi connectivity index (χ1) is 15.4. The van der Waals surface area contributed by atoms with Gasteiger partial charge in [-0.15, -0.1) is 0 Å². The molecule has 10 unspecified atom stereocenters. The summed E-state index contributed by atoms with van der Waals surface area (Å²) >= 11 is 0. The molecule has 2 nitrogen and oxygen atoms in total. The normalized spacial score (nSPS) is 49.7. The maximum Gasteiger partial charge on any atom is 0.302 e. The van der Waals surface area contributed by atoms with Crippen molar-refractivity contribution in [2.75, 3.05) is 0 Å². The van der Waals surface area contributed by atoms with Crippen molar-refractivity contribution < 1.29 is 9.53 Å². The third-order valence-corrected chi connectivity index (χ3v) is 13.3. The van der Waals surface area contributed by atoms with Crippen LogP contribution in [0.15, 0.2) is 12.2 Å². The third-order valence-electron chi connectivity index (χ3n) is 13.3. The number of rotatable bonds is 2. The van der Waals surface area contributed by atoms with Crippen LogP contribution in [0.2, 0.25) is 0 Å². The van der Waals surface area contributed by atoms with Crippen LogP contribution in [-0.2, 0) is 9.53 Å². The summed E-state index contributed by atoms with van der Waals surface area (Å²) in [6.07, 6.45) is 12.3. The SMILES string of the molecule is C=C(C)C1(C)C2C3CCC4C5CCC(OC(C)=O)CC5CCC4C3CCC2C(C)(C)C1(C)C. The lowest BCUT2D eigenvalue weighted by Crippen LogP contribution is -2.52. The predicted octanol–water partition coefficient (Wildman–Crippen LogP) is 8.06. The zero-order valence-corrected chi connectivity index (χ0v) is 22.6. The van der Waals surface area contributed by atoms with Crippen LogP contribution in [-0.4, -0.2) is 12.1 Å². The first-order valence-electron chi connectivity index (χ1n) is 14.2. The molecule has 0 radical (unpaired) electrons. The molecule has 0 aromatic rings. The highest BCUT2D eigenvalue weighted by Crippen LogP contribution is 2.76. The highest BCUT2D eigenvalue weighted by Gasteiger charge is 2.70. The number of allylic oxidation sites excluding steroid dienone is 1. The quantitative estimate of drug-likeness (QED) is 0.311. The number of hydrogen-bond donors (Lipinski definition) is 0. The molecule has 0 saturated heterocycles. The van der Waals surface area contributed by atoms with E-state index in [1.165, 1.54) is 50.5 Å². The molecule has 5 aliphatic rings. The Morgan fingerprint density at radius 1 is 0.758 bits per heavy atom. The molecule has 0 spiro atoms. The maximum atomic E-state index is 11.5. The Morgan fingerprint density at radius 2 is 1.30 bits per heavy atom. The van der Waals surface area contributed by atoms with Gasteiger partial charge in [-0.25, -0.2) is 0 Å². The van der Waals surface area contributed by atoms with Crippen molar-refractivity contribution in [1.82, 2.24) is 0 Å². The molecule has 0 aromatic heterocycles. The van der Waals surface area contributed by atoms with E-state index in [0.717, 1.165) is 60.2 Å². The number of hydrogen-bond acceptors (Lipinski definition) is 2. The lowest BCUT2D eigenvalue weighted by Gasteiger charge is -2.59. The van der Waals surface area contributed by atoms with Gasteiger partial charge in [0, 0.05) is 6.92 Å². The minimum atomic E-state index is -0.0904. The van der Waals surface area contributed by atoms with Gasteiger partial charge in [-0.05, 0) is 128 Å². The van der Waals surface area contributed by atoms with E-state index in [0.29, 0.717) is 5.41 Å². The second kappa shape index (κ2) is 7.86. The summed E-state index contributed by atoms with van der Waals surface area (Å²) in [5.74, 6) is 6.92. The summed E-state index contributed by atoms with van der Waals surface area (Å²) in [5.41, 5.74) is 2.30. The number of carbonyl (C=O) groups excluding carboxylic acids is 1. The molecular weight excluding hydrogens is 404 g/mol. The van der Waals surface area contributed by atoms with Gasteiger partial charge in [-0.3, -0.25) is 4.79 Å². The van der Waals surface area contributed by atoms with Gasteiger partial charge in [0.05, 0.1) is 0 Å². The molecule has 0 aromatic carbocycles. The molecule has 5 rings (SSSR count). The van der Waals surface area contributed by atoms with Crippen LogP contribution in [0.3, 0.4) is 0 Å². The Balaban J connectivity index is 1.39. The molecule has 5 aliphatic carbocycles. The van der Waals surface area contributed by atoms with Gasteiger partial charge in [0.15, 0.2) is 0 Å². The van der Waals surface area contributed by atoms with Crippen LogP contribution in [0.1, 0.15) is 106 Å². The van der Waals surface area contributed by atoms with Crippen molar-refractivity contribution in [1.29, 1.82) is 0 Å². The van der Waals surface area contributed by atoms with Crippen molar-refractivity contribution in [3.63, 3.8) is 0 Å². The summed E-state index contributed by atoms with van der Waals surface area (Å²) in [6.45, 7) is 21.4. The van der Waals surface area contributed by atoms with Gasteiger partial charge < -0.3 is 4.74 Å². The Labute approximate surface area is 203 Å². The second-order valence-corrected chi connectivity index (χ2v) is 14.3. The van der Waals surface area contributed by atoms with Crippen molar-refractivity contribution in [2.24, 2.45) is 63.6 Å². The van der Waals surface area contributed by atoms with E-state index in [4.69, 9.17) is 4.74 Å². The number of ether oxygens (including phenoxy) is 1. The standard InChI is InChI=1S/C31H50O2/c1-18(2)31(8)28-26-14-13-23-22-12-10-21(33-19(3)32)17-20(22)9-11-24(23)25(26)15-16-27(28)29(4,5)30(31,6)7/h20-28H,1,9-17H2,2-8H3. The van der Waals surface area contributed by atoms with E-state index in [2.05, 4.69) is 48.1 Å². The van der Waals surface area contributed by atoms with Crippen molar-refractivity contribution in [3.05, 3.63) is 12.2 Å². The fourth-order valence-electron chi connectivity index (χ4n) is 11.0.